The average molecular weight is 275 g/mol. The lowest BCUT2D eigenvalue weighted by Crippen LogP contribution is -2.31. The van der Waals surface area contributed by atoms with Gasteiger partial charge in [0.1, 0.15) is 5.82 Å². The monoisotopic (exact) mass is 275 g/mol. The highest BCUT2D eigenvalue weighted by molar-refractivity contribution is 5.43. The van der Waals surface area contributed by atoms with E-state index in [1.165, 1.54) is 6.42 Å². The summed E-state index contributed by atoms with van der Waals surface area (Å²) in [6, 6.07) is 0.978. The van der Waals surface area contributed by atoms with Crippen molar-refractivity contribution in [1.82, 2.24) is 9.97 Å². The summed E-state index contributed by atoms with van der Waals surface area (Å²) in [6.07, 6.45) is -1.17. The van der Waals surface area contributed by atoms with Crippen molar-refractivity contribution in [3.63, 3.8) is 0 Å². The van der Waals surface area contributed by atoms with E-state index in [9.17, 15) is 13.2 Å². The fraction of sp³-hybridized carbons (Fsp3) is 0.636. The molecule has 5 nitrogen and oxygen atoms in total. The second-order valence-electron chi connectivity index (χ2n) is 4.73. The van der Waals surface area contributed by atoms with Crippen LogP contribution < -0.4 is 16.6 Å². The normalized spacial score (nSPS) is 17.7. The van der Waals surface area contributed by atoms with Crippen molar-refractivity contribution >= 4 is 11.8 Å². The number of nitrogen functional groups attached to an aromatic ring is 1. The predicted octanol–water partition coefficient (Wildman–Crippen LogP) is 2.38. The van der Waals surface area contributed by atoms with Gasteiger partial charge in [0.15, 0.2) is 5.69 Å². The molecule has 1 aliphatic rings. The van der Waals surface area contributed by atoms with Gasteiger partial charge < -0.3 is 5.32 Å². The molecule has 0 aliphatic heterocycles. The number of halogens is 3. The minimum absolute atomic E-state index is 0.0790. The number of nitrogens with one attached hydrogen (secondary N) is 2. The molecule has 0 radical (unpaired) electrons. The first kappa shape index (κ1) is 13.9. The molecule has 1 fully saturated rings. The number of aromatic nitrogens is 2. The van der Waals surface area contributed by atoms with Crippen LogP contribution in [0.5, 0.6) is 0 Å². The van der Waals surface area contributed by atoms with Crippen LogP contribution in [0.25, 0.3) is 0 Å². The maximum absolute atomic E-state index is 12.7. The van der Waals surface area contributed by atoms with Crippen LogP contribution in [-0.4, -0.2) is 16.0 Å². The van der Waals surface area contributed by atoms with Crippen molar-refractivity contribution in [2.75, 3.05) is 10.7 Å². The molecule has 1 saturated carbocycles. The summed E-state index contributed by atoms with van der Waals surface area (Å²) in [5, 5.41) is 2.98. The second kappa shape index (κ2) is 5.20. The summed E-state index contributed by atoms with van der Waals surface area (Å²) in [6.45, 7) is 1.94. The number of nitrogens with two attached hydrogens (primary N) is 1. The highest BCUT2D eigenvalue weighted by Crippen LogP contribution is 2.32. The van der Waals surface area contributed by atoms with E-state index in [-0.39, 0.29) is 17.8 Å². The second-order valence-corrected chi connectivity index (χ2v) is 4.73. The van der Waals surface area contributed by atoms with Crippen molar-refractivity contribution in [3.05, 3.63) is 11.8 Å². The molecule has 0 amide bonds. The molecule has 8 heteroatoms. The number of hydrogen-bond donors (Lipinski definition) is 3. The lowest BCUT2D eigenvalue weighted by atomic mass is 9.80. The summed E-state index contributed by atoms with van der Waals surface area (Å²) >= 11 is 0. The molecule has 4 N–H and O–H groups in total. The Hall–Kier alpha value is -1.57. The van der Waals surface area contributed by atoms with Crippen molar-refractivity contribution in [2.45, 2.75) is 38.4 Å². The third kappa shape index (κ3) is 3.25. The van der Waals surface area contributed by atoms with E-state index < -0.39 is 11.9 Å². The van der Waals surface area contributed by atoms with E-state index in [4.69, 9.17) is 5.84 Å². The van der Waals surface area contributed by atoms with Gasteiger partial charge in [-0.25, -0.2) is 10.8 Å². The molecule has 1 atom stereocenters. The molecule has 0 spiro atoms. The molecule has 1 aromatic rings. The fourth-order valence-corrected chi connectivity index (χ4v) is 2.02. The Morgan fingerprint density at radius 3 is 2.53 bits per heavy atom. The summed E-state index contributed by atoms with van der Waals surface area (Å²) in [7, 11) is 0. The molecule has 0 bridgehead atoms. The molecule has 1 aliphatic carbocycles. The zero-order valence-electron chi connectivity index (χ0n) is 10.5. The van der Waals surface area contributed by atoms with Gasteiger partial charge in [-0.15, -0.1) is 0 Å². The quantitative estimate of drug-likeness (QED) is 0.581. The SMILES string of the molecule is CC(Nc1cc(C(F)(F)F)nc(NN)n1)C1CCC1. The molecule has 19 heavy (non-hydrogen) atoms. The van der Waals surface area contributed by atoms with E-state index in [0.29, 0.717) is 5.92 Å². The molecule has 106 valence electrons. The van der Waals surface area contributed by atoms with Crippen molar-refractivity contribution in [2.24, 2.45) is 11.8 Å². The van der Waals surface area contributed by atoms with Gasteiger partial charge in [0.2, 0.25) is 5.95 Å². The van der Waals surface area contributed by atoms with Crippen LogP contribution in [0, 0.1) is 5.92 Å². The van der Waals surface area contributed by atoms with Gasteiger partial charge >= 0.3 is 6.18 Å². The topological polar surface area (TPSA) is 75.9 Å². The third-order valence-electron chi connectivity index (χ3n) is 3.38. The van der Waals surface area contributed by atoms with E-state index in [0.717, 1.165) is 18.9 Å². The van der Waals surface area contributed by atoms with Gasteiger partial charge in [0.25, 0.3) is 0 Å². The predicted molar refractivity (Wildman–Crippen MR) is 65.3 cm³/mol. The van der Waals surface area contributed by atoms with Gasteiger partial charge in [0.05, 0.1) is 0 Å². The van der Waals surface area contributed by atoms with Crippen LogP contribution in [-0.2, 0) is 6.18 Å². The van der Waals surface area contributed by atoms with Gasteiger partial charge in [-0.3, -0.25) is 5.43 Å². The number of rotatable bonds is 4. The number of nitrogens with zero attached hydrogens (tertiary/aromatic N) is 2. The van der Waals surface area contributed by atoms with Crippen LogP contribution in [0.2, 0.25) is 0 Å². The Morgan fingerprint density at radius 2 is 2.05 bits per heavy atom. The highest BCUT2D eigenvalue weighted by Gasteiger charge is 2.34. The lowest BCUT2D eigenvalue weighted by molar-refractivity contribution is -0.141. The van der Waals surface area contributed by atoms with Crippen LogP contribution >= 0.6 is 0 Å². The maximum Gasteiger partial charge on any atom is 0.433 e. The van der Waals surface area contributed by atoms with Gasteiger partial charge in [-0.2, -0.15) is 18.2 Å². The number of alkyl halides is 3. The molecular weight excluding hydrogens is 259 g/mol. The Bertz CT molecular complexity index is 444. The van der Waals surface area contributed by atoms with Gasteiger partial charge in [0, 0.05) is 12.1 Å². The van der Waals surface area contributed by atoms with Crippen LogP contribution in [0.4, 0.5) is 24.9 Å². The largest absolute Gasteiger partial charge is 0.433 e. The molecular formula is C11H16F3N5. The smallest absolute Gasteiger partial charge is 0.367 e. The molecule has 1 aromatic heterocycles. The Morgan fingerprint density at radius 1 is 1.37 bits per heavy atom. The maximum atomic E-state index is 12.7. The van der Waals surface area contributed by atoms with E-state index in [1.807, 2.05) is 12.3 Å². The zero-order valence-corrected chi connectivity index (χ0v) is 10.5. The fourth-order valence-electron chi connectivity index (χ4n) is 2.02. The highest BCUT2D eigenvalue weighted by atomic mass is 19.4. The van der Waals surface area contributed by atoms with Crippen LogP contribution in [0.1, 0.15) is 31.9 Å². The number of hydrogen-bond acceptors (Lipinski definition) is 5. The minimum atomic E-state index is -4.52. The third-order valence-corrected chi connectivity index (χ3v) is 3.38. The Kier molecular flexibility index (Phi) is 3.79. The zero-order chi connectivity index (χ0) is 14.0. The first-order valence-corrected chi connectivity index (χ1v) is 6.09. The Balaban J connectivity index is 2.19. The Labute approximate surface area is 108 Å². The average Bonchev–Trinajstić information content (AvgIpc) is 2.24. The summed E-state index contributed by atoms with van der Waals surface area (Å²) in [5.41, 5.74) is 1.03. The molecule has 2 rings (SSSR count). The molecule has 1 unspecified atom stereocenters. The van der Waals surface area contributed by atoms with E-state index in [2.05, 4.69) is 15.3 Å². The summed E-state index contributed by atoms with van der Waals surface area (Å²) in [4.78, 5) is 7.19. The van der Waals surface area contributed by atoms with Crippen LogP contribution in [0.15, 0.2) is 6.07 Å². The molecule has 0 aromatic carbocycles. The van der Waals surface area contributed by atoms with Crippen molar-refractivity contribution < 1.29 is 13.2 Å². The summed E-state index contributed by atoms with van der Waals surface area (Å²) < 4.78 is 38.0. The molecule has 0 saturated heterocycles. The van der Waals surface area contributed by atoms with Crippen molar-refractivity contribution in [1.29, 1.82) is 0 Å². The summed E-state index contributed by atoms with van der Waals surface area (Å²) in [5.74, 6) is 5.46. The van der Waals surface area contributed by atoms with Crippen LogP contribution in [0.3, 0.4) is 0 Å². The van der Waals surface area contributed by atoms with E-state index in [1.54, 1.807) is 0 Å². The number of anilines is 2. The van der Waals surface area contributed by atoms with Crippen molar-refractivity contribution in [3.8, 4) is 0 Å². The number of hydrazine groups is 1. The van der Waals surface area contributed by atoms with Gasteiger partial charge in [-0.1, -0.05) is 6.42 Å². The standard InChI is InChI=1S/C11H16F3N5/c1-6(7-3-2-4-7)16-9-5-8(11(12,13)14)17-10(18-9)19-15/h5-7H,2-4,15H2,1H3,(H2,16,17,18,19). The first-order valence-electron chi connectivity index (χ1n) is 6.09. The molecule has 1 heterocycles. The lowest BCUT2D eigenvalue weighted by Gasteiger charge is -2.32. The first-order chi connectivity index (χ1) is 8.90. The van der Waals surface area contributed by atoms with Gasteiger partial charge in [-0.05, 0) is 25.7 Å². The minimum Gasteiger partial charge on any atom is -0.367 e. The van der Waals surface area contributed by atoms with E-state index >= 15 is 0 Å².